The van der Waals surface area contributed by atoms with Gasteiger partial charge in [0.05, 0.1) is 21.3 Å². The molecule has 1 N–H and O–H groups in total. The summed E-state index contributed by atoms with van der Waals surface area (Å²) in [6.45, 7) is 0. The van der Waals surface area contributed by atoms with Gasteiger partial charge in [0, 0.05) is 0 Å². The maximum atomic E-state index is 12.1. The highest BCUT2D eigenvalue weighted by Crippen LogP contribution is 2.33. The van der Waals surface area contributed by atoms with Crippen LogP contribution in [0, 0.1) is 0 Å². The summed E-state index contributed by atoms with van der Waals surface area (Å²) in [4.78, 5) is 12.7. The van der Waals surface area contributed by atoms with Crippen LogP contribution in [0.2, 0.25) is 0 Å². The number of phenolic OH excluding ortho intramolecular Hbond substituents is 1. The predicted octanol–water partition coefficient (Wildman–Crippen LogP) is 3.46. The summed E-state index contributed by atoms with van der Waals surface area (Å²) in [5.41, 5.74) is 0.249. The van der Waals surface area contributed by atoms with E-state index in [9.17, 15) is 9.90 Å². The molecular weight excluding hydrogens is 304 g/mol. The summed E-state index contributed by atoms with van der Waals surface area (Å²) in [6.07, 6.45) is 0. The zero-order chi connectivity index (χ0) is 12.4. The van der Waals surface area contributed by atoms with Gasteiger partial charge in [0.25, 0.3) is 0 Å². The molecule has 0 amide bonds. The van der Waals surface area contributed by atoms with E-state index in [1.807, 2.05) is 0 Å². The van der Waals surface area contributed by atoms with Gasteiger partial charge >= 0.3 is 0 Å². The van der Waals surface area contributed by atoms with E-state index >= 15 is 0 Å². The zero-order valence-electron chi connectivity index (χ0n) is 8.94. The van der Waals surface area contributed by atoms with Crippen molar-refractivity contribution in [1.29, 1.82) is 0 Å². The number of thiophene rings is 1. The van der Waals surface area contributed by atoms with Crippen LogP contribution in [-0.2, 0) is 0 Å². The smallest absolute Gasteiger partial charge is 0.206 e. The fraction of sp³-hybridized carbons (Fsp3) is 0.0833. The Bertz CT molecular complexity index is 563. The number of aromatic hydroxyl groups is 1. The van der Waals surface area contributed by atoms with Gasteiger partial charge in [-0.25, -0.2) is 0 Å². The maximum Gasteiger partial charge on any atom is 0.206 e. The number of halogens is 1. The van der Waals surface area contributed by atoms with Crippen LogP contribution in [0.5, 0.6) is 11.5 Å². The molecule has 0 bridgehead atoms. The molecule has 0 unspecified atom stereocenters. The molecule has 1 heterocycles. The molecule has 0 atom stereocenters. The highest BCUT2D eigenvalue weighted by molar-refractivity contribution is 9.11. The molecule has 2 rings (SSSR count). The number of hydrogen-bond acceptors (Lipinski definition) is 4. The number of carbonyl (C=O) groups excluding carboxylic acids is 1. The van der Waals surface area contributed by atoms with E-state index in [0.717, 1.165) is 3.79 Å². The quantitative estimate of drug-likeness (QED) is 0.883. The van der Waals surface area contributed by atoms with Crippen LogP contribution in [0.25, 0.3) is 0 Å². The molecule has 5 heteroatoms. The zero-order valence-corrected chi connectivity index (χ0v) is 11.3. The van der Waals surface area contributed by atoms with Gasteiger partial charge in [-0.2, -0.15) is 0 Å². The summed E-state index contributed by atoms with van der Waals surface area (Å²) in [5.74, 6) is -0.0342. The highest BCUT2D eigenvalue weighted by Gasteiger charge is 2.17. The van der Waals surface area contributed by atoms with Crippen molar-refractivity contribution in [3.63, 3.8) is 0 Å². The number of ketones is 1. The third-order valence-electron chi connectivity index (χ3n) is 2.26. The van der Waals surface area contributed by atoms with Crippen LogP contribution in [0.3, 0.4) is 0 Å². The number of benzene rings is 1. The van der Waals surface area contributed by atoms with Crippen molar-refractivity contribution in [1.82, 2.24) is 0 Å². The minimum Gasteiger partial charge on any atom is -0.504 e. The van der Waals surface area contributed by atoms with Crippen molar-refractivity contribution in [2.75, 3.05) is 7.11 Å². The molecule has 3 nitrogen and oxygen atoms in total. The lowest BCUT2D eigenvalue weighted by molar-refractivity contribution is 0.103. The molecule has 0 radical (unpaired) electrons. The Kier molecular flexibility index (Phi) is 3.49. The van der Waals surface area contributed by atoms with Gasteiger partial charge in [-0.3, -0.25) is 4.79 Å². The second-order valence-electron chi connectivity index (χ2n) is 3.29. The minimum absolute atomic E-state index is 0.121. The van der Waals surface area contributed by atoms with Gasteiger partial charge in [-0.1, -0.05) is 6.07 Å². The van der Waals surface area contributed by atoms with E-state index in [1.165, 1.54) is 18.4 Å². The Morgan fingerprint density at radius 2 is 2.12 bits per heavy atom. The highest BCUT2D eigenvalue weighted by atomic mass is 79.9. The minimum atomic E-state index is -0.211. The van der Waals surface area contributed by atoms with Gasteiger partial charge in [0.2, 0.25) is 5.78 Å². The molecule has 17 heavy (non-hydrogen) atoms. The van der Waals surface area contributed by atoms with Gasteiger partial charge in [0.1, 0.15) is 0 Å². The fourth-order valence-electron chi connectivity index (χ4n) is 1.44. The summed E-state index contributed by atoms with van der Waals surface area (Å²) in [6, 6.07) is 8.38. The van der Waals surface area contributed by atoms with E-state index in [-0.39, 0.29) is 17.1 Å². The lowest BCUT2D eigenvalue weighted by Gasteiger charge is -2.06. The Balaban J connectivity index is 2.44. The molecule has 0 spiro atoms. The molecule has 88 valence electrons. The SMILES string of the molecule is COc1cccc(C(=O)c2ccc(Br)s2)c1O. The van der Waals surface area contributed by atoms with Crippen LogP contribution < -0.4 is 4.74 Å². The number of methoxy groups -OCH3 is 1. The molecule has 0 fully saturated rings. The molecule has 1 aromatic carbocycles. The Labute approximate surface area is 111 Å². The van der Waals surface area contributed by atoms with Crippen LogP contribution in [0.15, 0.2) is 34.1 Å². The van der Waals surface area contributed by atoms with Gasteiger partial charge in [-0.15, -0.1) is 11.3 Å². The van der Waals surface area contributed by atoms with Crippen LogP contribution in [0.4, 0.5) is 0 Å². The van der Waals surface area contributed by atoms with Crippen molar-refractivity contribution in [3.05, 3.63) is 44.6 Å². The largest absolute Gasteiger partial charge is 0.504 e. The van der Waals surface area contributed by atoms with E-state index in [1.54, 1.807) is 30.3 Å². The predicted molar refractivity (Wildman–Crippen MR) is 70.1 cm³/mol. The average molecular weight is 313 g/mol. The van der Waals surface area contributed by atoms with Crippen molar-refractivity contribution >= 4 is 33.0 Å². The second kappa shape index (κ2) is 4.89. The van der Waals surface area contributed by atoms with E-state index in [2.05, 4.69) is 15.9 Å². The number of rotatable bonds is 3. The summed E-state index contributed by atoms with van der Waals surface area (Å²) < 4.78 is 5.85. The van der Waals surface area contributed by atoms with Crippen molar-refractivity contribution in [3.8, 4) is 11.5 Å². The van der Waals surface area contributed by atoms with E-state index in [0.29, 0.717) is 10.6 Å². The number of para-hydroxylation sites is 1. The van der Waals surface area contributed by atoms with Gasteiger partial charge < -0.3 is 9.84 Å². The Morgan fingerprint density at radius 3 is 2.71 bits per heavy atom. The van der Waals surface area contributed by atoms with Gasteiger partial charge in [-0.05, 0) is 40.2 Å². The molecule has 0 aliphatic carbocycles. The van der Waals surface area contributed by atoms with E-state index < -0.39 is 0 Å². The topological polar surface area (TPSA) is 46.5 Å². The summed E-state index contributed by atoms with van der Waals surface area (Å²) >= 11 is 4.63. The number of phenols is 1. The molecule has 0 saturated carbocycles. The second-order valence-corrected chi connectivity index (χ2v) is 5.75. The van der Waals surface area contributed by atoms with Crippen LogP contribution in [-0.4, -0.2) is 18.0 Å². The van der Waals surface area contributed by atoms with Crippen molar-refractivity contribution in [2.45, 2.75) is 0 Å². The lowest BCUT2D eigenvalue weighted by atomic mass is 10.1. The van der Waals surface area contributed by atoms with Gasteiger partial charge in [0.15, 0.2) is 11.5 Å². The summed E-state index contributed by atoms with van der Waals surface area (Å²) in [5, 5.41) is 9.87. The Morgan fingerprint density at radius 1 is 1.35 bits per heavy atom. The number of hydrogen-bond donors (Lipinski definition) is 1. The normalized spacial score (nSPS) is 10.2. The first-order valence-corrected chi connectivity index (χ1v) is 6.40. The number of ether oxygens (including phenoxy) is 1. The Hall–Kier alpha value is -1.33. The third kappa shape index (κ3) is 2.35. The summed E-state index contributed by atoms with van der Waals surface area (Å²) in [7, 11) is 1.45. The van der Waals surface area contributed by atoms with E-state index in [4.69, 9.17) is 4.74 Å². The van der Waals surface area contributed by atoms with Crippen LogP contribution in [0.1, 0.15) is 15.2 Å². The molecular formula is C12H9BrO3S. The molecule has 0 saturated heterocycles. The van der Waals surface area contributed by atoms with Crippen LogP contribution >= 0.6 is 27.3 Å². The average Bonchev–Trinajstić information content (AvgIpc) is 2.75. The molecule has 0 aliphatic heterocycles. The van der Waals surface area contributed by atoms with Crippen molar-refractivity contribution < 1.29 is 14.6 Å². The standard InChI is InChI=1S/C12H9BrO3S/c1-16-8-4-2-3-7(11(8)14)12(15)9-5-6-10(13)17-9/h2-6,14H,1H3. The molecule has 1 aromatic heterocycles. The monoisotopic (exact) mass is 312 g/mol. The lowest BCUT2D eigenvalue weighted by Crippen LogP contribution is -1.99. The molecule has 2 aromatic rings. The maximum absolute atomic E-state index is 12.1. The first-order chi connectivity index (χ1) is 8.13. The van der Waals surface area contributed by atoms with Crippen molar-refractivity contribution in [2.24, 2.45) is 0 Å². The number of carbonyl (C=O) groups is 1. The first kappa shape index (κ1) is 12.1. The fourth-order valence-corrected chi connectivity index (χ4v) is 2.78. The molecule has 0 aliphatic rings. The third-order valence-corrected chi connectivity index (χ3v) is 3.88. The first-order valence-electron chi connectivity index (χ1n) is 4.79.